The Bertz CT molecular complexity index is 508. The normalized spacial score (nSPS) is 22.3. The lowest BCUT2D eigenvalue weighted by atomic mass is 9.97. The molecule has 0 radical (unpaired) electrons. The summed E-state index contributed by atoms with van der Waals surface area (Å²) < 4.78 is 39.1. The number of benzene rings is 1. The van der Waals surface area contributed by atoms with Crippen molar-refractivity contribution in [1.29, 1.82) is 0 Å². The molecule has 2 aliphatic rings. The van der Waals surface area contributed by atoms with E-state index >= 15 is 0 Å². The highest BCUT2D eigenvalue weighted by Gasteiger charge is 2.40. The molecule has 1 aromatic rings. The van der Waals surface area contributed by atoms with Crippen LogP contribution in [-0.2, 0) is 6.18 Å². The van der Waals surface area contributed by atoms with Gasteiger partial charge in [0.25, 0.3) is 0 Å². The number of nitrogens with zero attached hydrogens (tertiary/aromatic N) is 1. The quantitative estimate of drug-likeness (QED) is 0.914. The second kappa shape index (κ2) is 5.78. The van der Waals surface area contributed by atoms with E-state index in [1.165, 1.54) is 6.07 Å². The van der Waals surface area contributed by atoms with Gasteiger partial charge >= 0.3 is 6.18 Å². The van der Waals surface area contributed by atoms with Gasteiger partial charge < -0.3 is 5.32 Å². The molecule has 0 amide bonds. The topological polar surface area (TPSA) is 15.3 Å². The molecule has 0 bridgehead atoms. The standard InChI is InChI=1S/C15H18ClF3N2/c16-13-11(2-1-3-12(13)15(17,18)19)14(10-4-5-10)21-8-6-20-7-9-21/h1-3,10,14,20H,4-9H2/t14-/m0/s1. The monoisotopic (exact) mass is 318 g/mol. The molecule has 0 spiro atoms. The third-order valence-corrected chi connectivity index (χ3v) is 4.69. The molecule has 1 heterocycles. The van der Waals surface area contributed by atoms with Crippen molar-refractivity contribution in [1.82, 2.24) is 10.2 Å². The Balaban J connectivity index is 1.96. The second-order valence-corrected chi connectivity index (χ2v) is 6.15. The van der Waals surface area contributed by atoms with Crippen LogP contribution in [0.4, 0.5) is 13.2 Å². The first-order valence-electron chi connectivity index (χ1n) is 7.29. The molecule has 1 saturated carbocycles. The summed E-state index contributed by atoms with van der Waals surface area (Å²) in [7, 11) is 0. The van der Waals surface area contributed by atoms with E-state index in [9.17, 15) is 13.2 Å². The molecule has 1 atom stereocenters. The molecule has 2 nitrogen and oxygen atoms in total. The van der Waals surface area contributed by atoms with Crippen molar-refractivity contribution in [2.45, 2.75) is 25.1 Å². The maximum Gasteiger partial charge on any atom is 0.417 e. The van der Waals surface area contributed by atoms with Gasteiger partial charge in [0, 0.05) is 32.2 Å². The van der Waals surface area contributed by atoms with Crippen molar-refractivity contribution in [2.24, 2.45) is 5.92 Å². The average Bonchev–Trinajstić information content (AvgIpc) is 3.26. The highest BCUT2D eigenvalue weighted by molar-refractivity contribution is 6.32. The molecule has 0 unspecified atom stereocenters. The summed E-state index contributed by atoms with van der Waals surface area (Å²) in [6, 6.07) is 4.31. The summed E-state index contributed by atoms with van der Waals surface area (Å²) in [5.74, 6) is 0.434. The summed E-state index contributed by atoms with van der Waals surface area (Å²) in [6.45, 7) is 3.46. The Kier molecular flexibility index (Phi) is 4.17. The van der Waals surface area contributed by atoms with Crippen molar-refractivity contribution in [3.8, 4) is 0 Å². The Morgan fingerprint density at radius 1 is 1.19 bits per heavy atom. The fraction of sp³-hybridized carbons (Fsp3) is 0.600. The minimum absolute atomic E-state index is 0.0156. The van der Waals surface area contributed by atoms with Gasteiger partial charge in [-0.2, -0.15) is 13.2 Å². The van der Waals surface area contributed by atoms with Crippen molar-refractivity contribution in [3.05, 3.63) is 34.3 Å². The van der Waals surface area contributed by atoms with Gasteiger partial charge in [-0.25, -0.2) is 0 Å². The van der Waals surface area contributed by atoms with Crippen LogP contribution in [0.3, 0.4) is 0 Å². The number of hydrogen-bond donors (Lipinski definition) is 1. The Hall–Kier alpha value is -0.780. The van der Waals surface area contributed by atoms with Gasteiger partial charge in [0.15, 0.2) is 0 Å². The third-order valence-electron chi connectivity index (χ3n) is 4.27. The molecular formula is C15H18ClF3N2. The van der Waals surface area contributed by atoms with Crippen LogP contribution in [0, 0.1) is 5.92 Å². The van der Waals surface area contributed by atoms with Gasteiger partial charge in [0.05, 0.1) is 10.6 Å². The van der Waals surface area contributed by atoms with E-state index in [1.807, 2.05) is 0 Å². The average molecular weight is 319 g/mol. The highest BCUT2D eigenvalue weighted by Crippen LogP contribution is 2.48. The maximum absolute atomic E-state index is 13.0. The molecule has 21 heavy (non-hydrogen) atoms. The largest absolute Gasteiger partial charge is 0.417 e. The van der Waals surface area contributed by atoms with Gasteiger partial charge in [0.2, 0.25) is 0 Å². The van der Waals surface area contributed by atoms with Crippen molar-refractivity contribution < 1.29 is 13.2 Å². The molecule has 2 fully saturated rings. The molecule has 1 aromatic carbocycles. The molecular weight excluding hydrogens is 301 g/mol. The molecule has 116 valence electrons. The van der Waals surface area contributed by atoms with E-state index in [2.05, 4.69) is 10.2 Å². The number of rotatable bonds is 3. The van der Waals surface area contributed by atoms with E-state index in [4.69, 9.17) is 11.6 Å². The van der Waals surface area contributed by atoms with Crippen LogP contribution in [0.5, 0.6) is 0 Å². The fourth-order valence-electron chi connectivity index (χ4n) is 3.12. The van der Waals surface area contributed by atoms with Crippen LogP contribution >= 0.6 is 11.6 Å². The minimum atomic E-state index is -4.40. The van der Waals surface area contributed by atoms with E-state index in [1.54, 1.807) is 6.07 Å². The smallest absolute Gasteiger partial charge is 0.314 e. The lowest BCUT2D eigenvalue weighted by Gasteiger charge is -2.36. The second-order valence-electron chi connectivity index (χ2n) is 5.77. The lowest BCUT2D eigenvalue weighted by molar-refractivity contribution is -0.137. The molecule has 1 saturated heterocycles. The van der Waals surface area contributed by atoms with E-state index in [0.717, 1.165) is 45.1 Å². The number of piperazine rings is 1. The first-order valence-corrected chi connectivity index (χ1v) is 7.66. The summed E-state index contributed by atoms with van der Waals surface area (Å²) in [5.41, 5.74) is -0.0849. The van der Waals surface area contributed by atoms with Crippen LogP contribution in [0.15, 0.2) is 18.2 Å². The number of nitrogens with one attached hydrogen (secondary N) is 1. The number of alkyl halides is 3. The van der Waals surface area contributed by atoms with Gasteiger partial charge in [0.1, 0.15) is 0 Å². The van der Waals surface area contributed by atoms with Gasteiger partial charge in [-0.3, -0.25) is 4.90 Å². The number of hydrogen-bond acceptors (Lipinski definition) is 2. The van der Waals surface area contributed by atoms with Crippen LogP contribution < -0.4 is 5.32 Å². The third kappa shape index (κ3) is 3.20. The van der Waals surface area contributed by atoms with Crippen molar-refractivity contribution in [2.75, 3.05) is 26.2 Å². The number of halogens is 4. The van der Waals surface area contributed by atoms with Gasteiger partial charge in [-0.05, 0) is 30.4 Å². The predicted octanol–water partition coefficient (Wildman–Crippen LogP) is 3.72. The minimum Gasteiger partial charge on any atom is -0.314 e. The SMILES string of the molecule is FC(F)(F)c1cccc([C@H](C2CC2)N2CCNCC2)c1Cl. The molecule has 1 aliphatic carbocycles. The highest BCUT2D eigenvalue weighted by atomic mass is 35.5. The predicted molar refractivity (Wildman–Crippen MR) is 76.4 cm³/mol. The van der Waals surface area contributed by atoms with Crippen molar-refractivity contribution in [3.63, 3.8) is 0 Å². The fourth-order valence-corrected chi connectivity index (χ4v) is 3.46. The van der Waals surface area contributed by atoms with E-state index in [0.29, 0.717) is 11.5 Å². The summed E-state index contributed by atoms with van der Waals surface area (Å²) in [6.07, 6.45) is -2.26. The van der Waals surface area contributed by atoms with Crippen LogP contribution in [-0.4, -0.2) is 31.1 Å². The first kappa shape index (κ1) is 15.1. The zero-order valence-electron chi connectivity index (χ0n) is 11.6. The Morgan fingerprint density at radius 2 is 1.86 bits per heavy atom. The lowest BCUT2D eigenvalue weighted by Crippen LogP contribution is -2.45. The van der Waals surface area contributed by atoms with Crippen LogP contribution in [0.1, 0.15) is 30.0 Å². The molecule has 3 rings (SSSR count). The van der Waals surface area contributed by atoms with Gasteiger partial charge in [-0.15, -0.1) is 0 Å². The maximum atomic E-state index is 13.0. The summed E-state index contributed by atoms with van der Waals surface area (Å²) in [4.78, 5) is 2.27. The first-order chi connectivity index (χ1) is 9.98. The van der Waals surface area contributed by atoms with Crippen LogP contribution in [0.2, 0.25) is 5.02 Å². The Labute approximate surface area is 127 Å². The summed E-state index contributed by atoms with van der Waals surface area (Å²) >= 11 is 6.12. The zero-order valence-corrected chi connectivity index (χ0v) is 12.3. The van der Waals surface area contributed by atoms with Crippen molar-refractivity contribution >= 4 is 11.6 Å². The van der Waals surface area contributed by atoms with Crippen LogP contribution in [0.25, 0.3) is 0 Å². The summed E-state index contributed by atoms with van der Waals surface area (Å²) in [5, 5.41) is 3.15. The van der Waals surface area contributed by atoms with E-state index in [-0.39, 0.29) is 11.1 Å². The molecule has 0 aromatic heterocycles. The van der Waals surface area contributed by atoms with Gasteiger partial charge in [-0.1, -0.05) is 23.7 Å². The molecule has 1 aliphatic heterocycles. The molecule has 1 N–H and O–H groups in total. The Morgan fingerprint density at radius 3 is 2.43 bits per heavy atom. The molecule has 6 heteroatoms. The zero-order chi connectivity index (χ0) is 15.0. The van der Waals surface area contributed by atoms with E-state index < -0.39 is 11.7 Å².